The summed E-state index contributed by atoms with van der Waals surface area (Å²) in [6, 6.07) is 4.85. The minimum absolute atomic E-state index is 0.214. The van der Waals surface area contributed by atoms with E-state index in [4.69, 9.17) is 0 Å². The Kier molecular flexibility index (Phi) is 5.87. The molecule has 2 N–H and O–H groups in total. The van der Waals surface area contributed by atoms with E-state index in [0.717, 1.165) is 12.1 Å². The largest absolute Gasteiger partial charge is 0.416 e. The van der Waals surface area contributed by atoms with Crippen LogP contribution in [-0.4, -0.2) is 46.8 Å². The molecule has 1 aliphatic heterocycles. The lowest BCUT2D eigenvalue weighted by Crippen LogP contribution is -2.48. The van der Waals surface area contributed by atoms with Gasteiger partial charge in [0.2, 0.25) is 5.91 Å². The van der Waals surface area contributed by atoms with E-state index in [1.165, 1.54) is 17.0 Å². The van der Waals surface area contributed by atoms with Crippen LogP contribution in [0.25, 0.3) is 0 Å². The van der Waals surface area contributed by atoms with E-state index >= 15 is 0 Å². The highest BCUT2D eigenvalue weighted by molar-refractivity contribution is 5.84. The summed E-state index contributed by atoms with van der Waals surface area (Å²) in [5.74, 6) is -1.34. The molecule has 134 valence electrons. The molecule has 0 bridgehead atoms. The second-order valence-electron chi connectivity index (χ2n) is 6.17. The van der Waals surface area contributed by atoms with Gasteiger partial charge >= 0.3 is 6.18 Å². The van der Waals surface area contributed by atoms with Crippen molar-refractivity contribution in [2.24, 2.45) is 5.92 Å². The van der Waals surface area contributed by atoms with Crippen molar-refractivity contribution in [3.8, 4) is 0 Å². The van der Waals surface area contributed by atoms with Gasteiger partial charge < -0.3 is 15.1 Å². The lowest BCUT2D eigenvalue weighted by atomic mass is 9.90. The molecule has 1 aromatic rings. The summed E-state index contributed by atoms with van der Waals surface area (Å²) in [7, 11) is 0. The topological polar surface area (TPSA) is 60.8 Å². The van der Waals surface area contributed by atoms with E-state index in [1.807, 2.05) is 0 Å². The molecule has 3 unspecified atom stereocenters. The maximum absolute atomic E-state index is 12.9. The number of piperidine rings is 1. The van der Waals surface area contributed by atoms with Crippen molar-refractivity contribution in [2.75, 3.05) is 19.7 Å². The number of aliphatic hydroxyl groups excluding tert-OH is 2. The third-order valence-corrected chi connectivity index (χ3v) is 4.56. The van der Waals surface area contributed by atoms with Crippen LogP contribution < -0.4 is 0 Å². The number of hydrogen-bond donors (Lipinski definition) is 2. The van der Waals surface area contributed by atoms with Crippen molar-refractivity contribution in [3.63, 3.8) is 0 Å². The molecule has 0 spiro atoms. The number of hydrogen-bond acceptors (Lipinski definition) is 3. The number of carbonyl (C=O) groups is 1. The molecule has 0 saturated carbocycles. The molecule has 0 aliphatic carbocycles. The fraction of sp³-hybridized carbons (Fsp3) is 0.588. The highest BCUT2D eigenvalue weighted by atomic mass is 19.4. The summed E-state index contributed by atoms with van der Waals surface area (Å²) in [5, 5.41) is 19.1. The van der Waals surface area contributed by atoms with Gasteiger partial charge in [0.1, 0.15) is 0 Å². The van der Waals surface area contributed by atoms with Crippen LogP contribution in [0.2, 0.25) is 0 Å². The summed E-state index contributed by atoms with van der Waals surface area (Å²) < 4.78 is 38.6. The average molecular weight is 345 g/mol. The Balaban J connectivity index is 2.20. The van der Waals surface area contributed by atoms with Crippen LogP contribution in [0.3, 0.4) is 0 Å². The second kappa shape index (κ2) is 7.53. The van der Waals surface area contributed by atoms with Crippen molar-refractivity contribution in [1.29, 1.82) is 0 Å². The molecular weight excluding hydrogens is 323 g/mol. The number of amides is 1. The van der Waals surface area contributed by atoms with Crippen LogP contribution in [0, 0.1) is 5.92 Å². The summed E-state index contributed by atoms with van der Waals surface area (Å²) in [6.07, 6.45) is -4.37. The third kappa shape index (κ3) is 4.08. The third-order valence-electron chi connectivity index (χ3n) is 4.56. The van der Waals surface area contributed by atoms with Gasteiger partial charge in [-0.05, 0) is 24.5 Å². The van der Waals surface area contributed by atoms with Gasteiger partial charge in [0.15, 0.2) is 0 Å². The number of nitrogens with zero attached hydrogens (tertiary/aromatic N) is 1. The van der Waals surface area contributed by atoms with Gasteiger partial charge in [0.25, 0.3) is 0 Å². The lowest BCUT2D eigenvalue weighted by molar-refractivity contribution is -0.139. The van der Waals surface area contributed by atoms with Gasteiger partial charge in [-0.25, -0.2) is 0 Å². The number of rotatable bonds is 4. The zero-order chi connectivity index (χ0) is 17.9. The molecule has 1 aliphatic rings. The molecule has 1 saturated heterocycles. The zero-order valence-corrected chi connectivity index (χ0v) is 13.5. The number of halogens is 3. The highest BCUT2D eigenvalue weighted by Crippen LogP contribution is 2.33. The summed E-state index contributed by atoms with van der Waals surface area (Å²) in [6.45, 7) is 2.08. The van der Waals surface area contributed by atoms with Crippen LogP contribution in [0.1, 0.15) is 36.8 Å². The molecule has 1 aromatic carbocycles. The van der Waals surface area contributed by atoms with E-state index in [9.17, 15) is 28.2 Å². The summed E-state index contributed by atoms with van der Waals surface area (Å²) >= 11 is 0. The summed E-state index contributed by atoms with van der Waals surface area (Å²) in [5.41, 5.74) is -0.433. The predicted octanol–water partition coefficient (Wildman–Crippen LogP) is 2.40. The summed E-state index contributed by atoms with van der Waals surface area (Å²) in [4.78, 5) is 14.3. The SMILES string of the molecule is CCC(C(=O)N1CCC(O)C(CO)C1)c1cccc(C(F)(F)F)c1. The van der Waals surface area contributed by atoms with Gasteiger partial charge in [-0.3, -0.25) is 4.79 Å². The van der Waals surface area contributed by atoms with Gasteiger partial charge in [-0.1, -0.05) is 25.1 Å². The van der Waals surface area contributed by atoms with Crippen LogP contribution in [0.4, 0.5) is 13.2 Å². The molecule has 1 amide bonds. The number of likely N-dealkylation sites (tertiary alicyclic amines) is 1. The van der Waals surface area contributed by atoms with Gasteiger partial charge in [0.05, 0.1) is 24.2 Å². The number of aliphatic hydroxyl groups is 2. The Hall–Kier alpha value is -1.60. The number of benzene rings is 1. The highest BCUT2D eigenvalue weighted by Gasteiger charge is 2.35. The van der Waals surface area contributed by atoms with E-state index < -0.39 is 29.7 Å². The van der Waals surface area contributed by atoms with Crippen LogP contribution >= 0.6 is 0 Å². The van der Waals surface area contributed by atoms with E-state index in [-0.39, 0.29) is 19.1 Å². The first-order valence-corrected chi connectivity index (χ1v) is 8.02. The molecule has 0 radical (unpaired) electrons. The Labute approximate surface area is 138 Å². The predicted molar refractivity (Wildman–Crippen MR) is 82.3 cm³/mol. The van der Waals surface area contributed by atoms with E-state index in [1.54, 1.807) is 6.92 Å². The van der Waals surface area contributed by atoms with Crippen molar-refractivity contribution < 1.29 is 28.2 Å². The smallest absolute Gasteiger partial charge is 0.396 e. The van der Waals surface area contributed by atoms with Gasteiger partial charge in [0, 0.05) is 19.0 Å². The van der Waals surface area contributed by atoms with Gasteiger partial charge in [-0.2, -0.15) is 13.2 Å². The number of carbonyl (C=O) groups excluding carboxylic acids is 1. The van der Waals surface area contributed by atoms with Crippen molar-refractivity contribution in [1.82, 2.24) is 4.90 Å². The molecule has 24 heavy (non-hydrogen) atoms. The minimum Gasteiger partial charge on any atom is -0.396 e. The Morgan fingerprint density at radius 2 is 2.12 bits per heavy atom. The van der Waals surface area contributed by atoms with Crippen LogP contribution in [-0.2, 0) is 11.0 Å². The van der Waals surface area contributed by atoms with Crippen molar-refractivity contribution in [2.45, 2.75) is 38.0 Å². The fourth-order valence-corrected chi connectivity index (χ4v) is 3.10. The second-order valence-corrected chi connectivity index (χ2v) is 6.17. The van der Waals surface area contributed by atoms with E-state index in [2.05, 4.69) is 0 Å². The standard InChI is InChI=1S/C17H22F3NO3/c1-2-14(11-4-3-5-13(8-11)17(18,19)20)16(24)21-7-6-15(23)12(9-21)10-22/h3-5,8,12,14-15,22-23H,2,6-7,9-10H2,1H3. The van der Waals surface area contributed by atoms with Gasteiger partial charge in [-0.15, -0.1) is 0 Å². The lowest BCUT2D eigenvalue weighted by Gasteiger charge is -2.37. The Morgan fingerprint density at radius 3 is 2.71 bits per heavy atom. The molecule has 1 fully saturated rings. The first kappa shape index (κ1) is 18.7. The molecule has 1 heterocycles. The normalized spacial score (nSPS) is 23.2. The Morgan fingerprint density at radius 1 is 1.42 bits per heavy atom. The molecule has 3 atom stereocenters. The Bertz CT molecular complexity index is 576. The maximum Gasteiger partial charge on any atom is 0.416 e. The van der Waals surface area contributed by atoms with E-state index in [0.29, 0.717) is 24.9 Å². The fourth-order valence-electron chi connectivity index (χ4n) is 3.10. The maximum atomic E-state index is 12.9. The molecule has 2 rings (SSSR count). The van der Waals surface area contributed by atoms with Crippen molar-refractivity contribution >= 4 is 5.91 Å². The van der Waals surface area contributed by atoms with Crippen LogP contribution in [0.5, 0.6) is 0 Å². The number of alkyl halides is 3. The minimum atomic E-state index is -4.45. The average Bonchev–Trinajstić information content (AvgIpc) is 2.55. The molecule has 4 nitrogen and oxygen atoms in total. The monoisotopic (exact) mass is 345 g/mol. The molecule has 7 heteroatoms. The van der Waals surface area contributed by atoms with Crippen LogP contribution in [0.15, 0.2) is 24.3 Å². The first-order chi connectivity index (χ1) is 11.3. The quantitative estimate of drug-likeness (QED) is 0.881. The first-order valence-electron chi connectivity index (χ1n) is 8.02. The molecule has 0 aromatic heterocycles. The zero-order valence-electron chi connectivity index (χ0n) is 13.5. The van der Waals surface area contributed by atoms with Crippen molar-refractivity contribution in [3.05, 3.63) is 35.4 Å². The molecular formula is C17H22F3NO3.